The molecule has 0 unspecified atom stereocenters. The van der Waals surface area contributed by atoms with Crippen LogP contribution in [0.2, 0.25) is 0 Å². The summed E-state index contributed by atoms with van der Waals surface area (Å²) in [5, 5.41) is 4.10. The van der Waals surface area contributed by atoms with E-state index in [0.29, 0.717) is 24.2 Å². The van der Waals surface area contributed by atoms with E-state index in [9.17, 15) is 0 Å². The van der Waals surface area contributed by atoms with E-state index in [0.717, 1.165) is 23.1 Å². The first-order valence-electron chi connectivity index (χ1n) is 8.30. The molecule has 1 fully saturated rings. The quantitative estimate of drug-likeness (QED) is 0.674. The van der Waals surface area contributed by atoms with Gasteiger partial charge in [-0.2, -0.15) is 4.98 Å². The van der Waals surface area contributed by atoms with Crippen LogP contribution in [0.1, 0.15) is 17.4 Å². The van der Waals surface area contributed by atoms with Crippen molar-refractivity contribution >= 4 is 28.3 Å². The third-order valence-corrected chi connectivity index (χ3v) is 5.07. The molecule has 1 aliphatic heterocycles. The molecule has 26 heavy (non-hydrogen) atoms. The number of nitrogens with two attached hydrogens (primary N) is 1. The Bertz CT molecular complexity index is 858. The van der Waals surface area contributed by atoms with Gasteiger partial charge in [-0.1, -0.05) is 63.6 Å². The van der Waals surface area contributed by atoms with E-state index in [1.807, 2.05) is 30.3 Å². The fraction of sp³-hybridized carbons (Fsp3) is 0.263. The number of hydrogen-bond acceptors (Lipinski definition) is 5. The molecule has 1 aromatic heterocycles. The van der Waals surface area contributed by atoms with Gasteiger partial charge in [0.15, 0.2) is 0 Å². The lowest BCUT2D eigenvalue weighted by Crippen LogP contribution is -2.28. The molecule has 2 aromatic carbocycles. The molecule has 3 aromatic rings. The molecular formula is C19H20BrClN4O. The Morgan fingerprint density at radius 2 is 1.92 bits per heavy atom. The monoisotopic (exact) mass is 434 g/mol. The van der Waals surface area contributed by atoms with Crippen molar-refractivity contribution in [2.45, 2.75) is 18.5 Å². The number of halogens is 2. The van der Waals surface area contributed by atoms with E-state index in [4.69, 9.17) is 10.3 Å². The van der Waals surface area contributed by atoms with Crippen LogP contribution in [0.4, 0.5) is 0 Å². The van der Waals surface area contributed by atoms with Gasteiger partial charge in [0.05, 0.1) is 6.54 Å². The van der Waals surface area contributed by atoms with E-state index < -0.39 is 0 Å². The van der Waals surface area contributed by atoms with Crippen LogP contribution in [0.25, 0.3) is 11.4 Å². The Labute approximate surface area is 167 Å². The van der Waals surface area contributed by atoms with Crippen LogP contribution in [0.15, 0.2) is 63.6 Å². The fourth-order valence-electron chi connectivity index (χ4n) is 3.35. The van der Waals surface area contributed by atoms with Gasteiger partial charge >= 0.3 is 0 Å². The molecule has 0 saturated carbocycles. The minimum atomic E-state index is 0. The van der Waals surface area contributed by atoms with Crippen molar-refractivity contribution < 1.29 is 4.52 Å². The number of aromatic nitrogens is 2. The molecule has 0 spiro atoms. The van der Waals surface area contributed by atoms with Crippen molar-refractivity contribution in [2.75, 3.05) is 13.1 Å². The Balaban J connectivity index is 0.00000196. The van der Waals surface area contributed by atoms with E-state index in [1.54, 1.807) is 0 Å². The number of likely N-dealkylation sites (tertiary alicyclic amines) is 1. The molecule has 136 valence electrons. The van der Waals surface area contributed by atoms with Crippen LogP contribution in [0.5, 0.6) is 0 Å². The maximum Gasteiger partial charge on any atom is 0.241 e. The standard InChI is InChI=1S/C19H19BrN4O.ClH/c20-15-8-4-7-14(9-15)19-22-18(25-23-19)12-24-10-16(17(21)11-24)13-5-2-1-3-6-13;/h1-9,16-17H,10-12,21H2;1H/t16-,17+;/m0./s1. The van der Waals surface area contributed by atoms with Gasteiger partial charge in [-0.3, -0.25) is 4.90 Å². The lowest BCUT2D eigenvalue weighted by Gasteiger charge is -2.14. The highest BCUT2D eigenvalue weighted by Gasteiger charge is 2.32. The summed E-state index contributed by atoms with van der Waals surface area (Å²) in [6.45, 7) is 2.35. The van der Waals surface area contributed by atoms with Gasteiger partial charge in [-0.25, -0.2) is 0 Å². The predicted molar refractivity (Wildman–Crippen MR) is 107 cm³/mol. The van der Waals surface area contributed by atoms with Crippen molar-refractivity contribution in [1.82, 2.24) is 15.0 Å². The summed E-state index contributed by atoms with van der Waals surface area (Å²) in [4.78, 5) is 6.81. The highest BCUT2D eigenvalue weighted by atomic mass is 79.9. The maximum atomic E-state index is 6.35. The van der Waals surface area contributed by atoms with Gasteiger partial charge in [-0.15, -0.1) is 12.4 Å². The zero-order valence-corrected chi connectivity index (χ0v) is 16.5. The van der Waals surface area contributed by atoms with Crippen molar-refractivity contribution in [2.24, 2.45) is 5.73 Å². The molecular weight excluding hydrogens is 416 g/mol. The normalized spacial score (nSPS) is 20.1. The SMILES string of the molecule is Cl.N[C@@H]1CN(Cc2nc(-c3cccc(Br)c3)no2)C[C@H]1c1ccccc1. The molecule has 1 aliphatic rings. The lowest BCUT2D eigenvalue weighted by atomic mass is 9.95. The van der Waals surface area contributed by atoms with Gasteiger partial charge in [0, 0.05) is 35.1 Å². The minimum absolute atomic E-state index is 0. The fourth-order valence-corrected chi connectivity index (χ4v) is 3.75. The molecule has 2 heterocycles. The number of nitrogens with zero attached hydrogens (tertiary/aromatic N) is 3. The highest BCUT2D eigenvalue weighted by molar-refractivity contribution is 9.10. The van der Waals surface area contributed by atoms with Crippen LogP contribution in [-0.4, -0.2) is 34.2 Å². The first-order chi connectivity index (χ1) is 12.2. The molecule has 4 rings (SSSR count). The Hall–Kier alpha value is -1.73. The van der Waals surface area contributed by atoms with Crippen LogP contribution in [-0.2, 0) is 6.54 Å². The van der Waals surface area contributed by atoms with E-state index in [1.165, 1.54) is 5.56 Å². The highest BCUT2D eigenvalue weighted by Crippen LogP contribution is 2.27. The Kier molecular flexibility index (Phi) is 6.09. The van der Waals surface area contributed by atoms with Crippen molar-refractivity contribution in [1.29, 1.82) is 0 Å². The van der Waals surface area contributed by atoms with Crippen LogP contribution < -0.4 is 5.73 Å². The first kappa shape index (κ1) is 19.0. The summed E-state index contributed by atoms with van der Waals surface area (Å²) in [5.41, 5.74) is 8.58. The molecule has 0 radical (unpaired) electrons. The van der Waals surface area contributed by atoms with E-state index >= 15 is 0 Å². The van der Waals surface area contributed by atoms with E-state index in [-0.39, 0.29) is 18.4 Å². The average molecular weight is 436 g/mol. The van der Waals surface area contributed by atoms with Crippen molar-refractivity contribution in [3.63, 3.8) is 0 Å². The zero-order valence-electron chi connectivity index (χ0n) is 14.1. The van der Waals surface area contributed by atoms with Crippen LogP contribution in [0, 0.1) is 0 Å². The minimum Gasteiger partial charge on any atom is -0.338 e. The largest absolute Gasteiger partial charge is 0.338 e. The molecule has 1 saturated heterocycles. The van der Waals surface area contributed by atoms with Crippen LogP contribution >= 0.6 is 28.3 Å². The topological polar surface area (TPSA) is 68.2 Å². The van der Waals surface area contributed by atoms with Gasteiger partial charge < -0.3 is 10.3 Å². The van der Waals surface area contributed by atoms with E-state index in [2.05, 4.69) is 55.2 Å². The first-order valence-corrected chi connectivity index (χ1v) is 9.10. The lowest BCUT2D eigenvalue weighted by molar-refractivity contribution is 0.264. The molecule has 0 aliphatic carbocycles. The molecule has 2 atom stereocenters. The second-order valence-electron chi connectivity index (χ2n) is 6.40. The molecule has 0 bridgehead atoms. The van der Waals surface area contributed by atoms with Gasteiger partial charge in [0.25, 0.3) is 0 Å². The average Bonchev–Trinajstić information content (AvgIpc) is 3.23. The predicted octanol–water partition coefficient (Wildman–Crippen LogP) is 3.85. The summed E-state index contributed by atoms with van der Waals surface area (Å²) in [6, 6.07) is 18.4. The Morgan fingerprint density at radius 3 is 2.69 bits per heavy atom. The third kappa shape index (κ3) is 4.15. The summed E-state index contributed by atoms with van der Waals surface area (Å²) in [5.74, 6) is 1.57. The zero-order chi connectivity index (χ0) is 17.2. The number of rotatable bonds is 4. The number of benzene rings is 2. The van der Waals surface area contributed by atoms with Crippen molar-refractivity contribution in [3.8, 4) is 11.4 Å². The van der Waals surface area contributed by atoms with Crippen molar-refractivity contribution in [3.05, 3.63) is 70.5 Å². The summed E-state index contributed by atoms with van der Waals surface area (Å²) in [6.07, 6.45) is 0. The maximum absolute atomic E-state index is 6.35. The smallest absolute Gasteiger partial charge is 0.241 e. The third-order valence-electron chi connectivity index (χ3n) is 4.58. The second kappa shape index (κ2) is 8.31. The second-order valence-corrected chi connectivity index (χ2v) is 7.31. The summed E-state index contributed by atoms with van der Waals surface area (Å²) < 4.78 is 6.43. The molecule has 2 N–H and O–H groups in total. The van der Waals surface area contributed by atoms with Gasteiger partial charge in [-0.05, 0) is 17.7 Å². The molecule has 0 amide bonds. The van der Waals surface area contributed by atoms with Gasteiger partial charge in [0.1, 0.15) is 0 Å². The Morgan fingerprint density at radius 1 is 1.12 bits per heavy atom. The molecule has 5 nitrogen and oxygen atoms in total. The molecule has 7 heteroatoms. The summed E-state index contributed by atoms with van der Waals surface area (Å²) in [7, 11) is 0. The van der Waals surface area contributed by atoms with Gasteiger partial charge in [0.2, 0.25) is 11.7 Å². The summed E-state index contributed by atoms with van der Waals surface area (Å²) >= 11 is 3.46. The number of hydrogen-bond donors (Lipinski definition) is 1. The van der Waals surface area contributed by atoms with Crippen LogP contribution in [0.3, 0.4) is 0 Å².